The van der Waals surface area contributed by atoms with Crippen molar-refractivity contribution in [2.75, 3.05) is 26.3 Å². The van der Waals surface area contributed by atoms with Gasteiger partial charge in [-0.05, 0) is 12.1 Å². The molecule has 0 N–H and O–H groups in total. The number of nitrogens with zero attached hydrogens (tertiary/aromatic N) is 1. The molecule has 0 spiro atoms. The fourth-order valence-corrected chi connectivity index (χ4v) is 1.81. The summed E-state index contributed by atoms with van der Waals surface area (Å²) in [5, 5.41) is 0.443. The lowest BCUT2D eigenvalue weighted by Crippen LogP contribution is -2.35. The van der Waals surface area contributed by atoms with E-state index in [9.17, 15) is 4.39 Å². The zero-order valence-corrected chi connectivity index (χ0v) is 9.13. The highest BCUT2D eigenvalue weighted by Gasteiger charge is 2.12. The van der Waals surface area contributed by atoms with Gasteiger partial charge in [-0.1, -0.05) is 17.7 Å². The maximum atomic E-state index is 13.5. The van der Waals surface area contributed by atoms with Gasteiger partial charge in [0, 0.05) is 30.2 Å². The second kappa shape index (κ2) is 4.92. The summed E-state index contributed by atoms with van der Waals surface area (Å²) in [6, 6.07) is 4.82. The van der Waals surface area contributed by atoms with Crippen LogP contribution in [0.2, 0.25) is 5.02 Å². The number of morpholine rings is 1. The number of rotatable bonds is 2. The SMILES string of the molecule is Fc1cc(Cl)ccc1CN1CCOCC1. The molecule has 82 valence electrons. The molecule has 1 aromatic carbocycles. The summed E-state index contributed by atoms with van der Waals surface area (Å²) >= 11 is 5.69. The molecule has 0 bridgehead atoms. The van der Waals surface area contributed by atoms with Gasteiger partial charge in [0.1, 0.15) is 5.82 Å². The van der Waals surface area contributed by atoms with E-state index in [0.717, 1.165) is 26.3 Å². The Labute approximate surface area is 93.6 Å². The molecule has 0 atom stereocenters. The Bertz CT molecular complexity index is 339. The Morgan fingerprint density at radius 1 is 1.33 bits per heavy atom. The van der Waals surface area contributed by atoms with Crippen molar-refractivity contribution < 1.29 is 9.13 Å². The lowest BCUT2D eigenvalue weighted by atomic mass is 10.2. The summed E-state index contributed by atoms with van der Waals surface area (Å²) in [4.78, 5) is 2.18. The first-order chi connectivity index (χ1) is 7.25. The van der Waals surface area contributed by atoms with Gasteiger partial charge in [-0.3, -0.25) is 4.90 Å². The molecule has 2 nitrogen and oxygen atoms in total. The normalized spacial score (nSPS) is 18.0. The second-order valence-electron chi connectivity index (χ2n) is 3.62. The van der Waals surface area contributed by atoms with E-state index in [1.165, 1.54) is 6.07 Å². The van der Waals surface area contributed by atoms with Crippen LogP contribution in [-0.2, 0) is 11.3 Å². The third kappa shape index (κ3) is 2.91. The molecule has 4 heteroatoms. The number of hydrogen-bond donors (Lipinski definition) is 0. The Hall–Kier alpha value is -0.640. The van der Waals surface area contributed by atoms with Gasteiger partial charge in [0.2, 0.25) is 0 Å². The van der Waals surface area contributed by atoms with Crippen molar-refractivity contribution in [3.05, 3.63) is 34.6 Å². The molecule has 0 saturated carbocycles. The first-order valence-corrected chi connectivity index (χ1v) is 5.37. The van der Waals surface area contributed by atoms with Crippen LogP contribution >= 0.6 is 11.6 Å². The van der Waals surface area contributed by atoms with Gasteiger partial charge in [0.05, 0.1) is 13.2 Å². The average molecular weight is 230 g/mol. The predicted octanol–water partition coefficient (Wildman–Crippen LogP) is 2.31. The van der Waals surface area contributed by atoms with Gasteiger partial charge < -0.3 is 4.74 Å². The molecule has 1 heterocycles. The number of benzene rings is 1. The van der Waals surface area contributed by atoms with E-state index in [4.69, 9.17) is 16.3 Å². The van der Waals surface area contributed by atoms with Gasteiger partial charge in [-0.15, -0.1) is 0 Å². The number of hydrogen-bond acceptors (Lipinski definition) is 2. The third-order valence-electron chi connectivity index (χ3n) is 2.51. The maximum absolute atomic E-state index is 13.5. The van der Waals surface area contributed by atoms with E-state index in [1.54, 1.807) is 12.1 Å². The van der Waals surface area contributed by atoms with Crippen molar-refractivity contribution in [1.29, 1.82) is 0 Å². The van der Waals surface area contributed by atoms with Crippen LogP contribution < -0.4 is 0 Å². The molecule has 0 unspecified atom stereocenters. The Balaban J connectivity index is 2.03. The summed E-state index contributed by atoms with van der Waals surface area (Å²) in [5.41, 5.74) is 0.696. The molecule has 0 aromatic heterocycles. The van der Waals surface area contributed by atoms with Crippen LogP contribution in [0, 0.1) is 5.82 Å². The van der Waals surface area contributed by atoms with Crippen molar-refractivity contribution in [2.24, 2.45) is 0 Å². The van der Waals surface area contributed by atoms with E-state index >= 15 is 0 Å². The van der Waals surface area contributed by atoms with Gasteiger partial charge in [0.15, 0.2) is 0 Å². The highest BCUT2D eigenvalue weighted by Crippen LogP contribution is 2.16. The van der Waals surface area contributed by atoms with Crippen LogP contribution in [0.25, 0.3) is 0 Å². The molecule has 0 aliphatic carbocycles. The lowest BCUT2D eigenvalue weighted by Gasteiger charge is -2.26. The Morgan fingerprint density at radius 3 is 2.73 bits per heavy atom. The van der Waals surface area contributed by atoms with Gasteiger partial charge >= 0.3 is 0 Å². The first-order valence-electron chi connectivity index (χ1n) is 5.00. The monoisotopic (exact) mass is 229 g/mol. The summed E-state index contributed by atoms with van der Waals surface area (Å²) in [6.45, 7) is 3.82. The van der Waals surface area contributed by atoms with E-state index < -0.39 is 0 Å². The topological polar surface area (TPSA) is 12.5 Å². The zero-order chi connectivity index (χ0) is 10.7. The van der Waals surface area contributed by atoms with Crippen molar-refractivity contribution >= 4 is 11.6 Å². The number of ether oxygens (including phenoxy) is 1. The maximum Gasteiger partial charge on any atom is 0.129 e. The molecule has 0 radical (unpaired) electrons. The summed E-state index contributed by atoms with van der Waals surface area (Å²) in [7, 11) is 0. The van der Waals surface area contributed by atoms with E-state index in [1.807, 2.05) is 0 Å². The van der Waals surface area contributed by atoms with Crippen molar-refractivity contribution in [3.63, 3.8) is 0 Å². The summed E-state index contributed by atoms with van der Waals surface area (Å²) in [6.07, 6.45) is 0. The van der Waals surface area contributed by atoms with Crippen molar-refractivity contribution in [3.8, 4) is 0 Å². The van der Waals surface area contributed by atoms with Crippen LogP contribution in [0.1, 0.15) is 5.56 Å². The van der Waals surface area contributed by atoms with E-state index in [-0.39, 0.29) is 5.82 Å². The standard InChI is InChI=1S/C11H13ClFNO/c12-10-2-1-9(11(13)7-10)8-14-3-5-15-6-4-14/h1-2,7H,3-6,8H2. The van der Waals surface area contributed by atoms with Gasteiger partial charge in [-0.2, -0.15) is 0 Å². The van der Waals surface area contributed by atoms with Gasteiger partial charge in [-0.25, -0.2) is 4.39 Å². The molecule has 15 heavy (non-hydrogen) atoms. The van der Waals surface area contributed by atoms with E-state index in [2.05, 4.69) is 4.90 Å². The van der Waals surface area contributed by atoms with Crippen LogP contribution in [0.15, 0.2) is 18.2 Å². The predicted molar refractivity (Wildman–Crippen MR) is 57.5 cm³/mol. The fraction of sp³-hybridized carbons (Fsp3) is 0.455. The molecule has 1 fully saturated rings. The first kappa shape index (κ1) is 10.9. The Morgan fingerprint density at radius 2 is 2.07 bits per heavy atom. The van der Waals surface area contributed by atoms with Crippen molar-refractivity contribution in [1.82, 2.24) is 4.90 Å². The zero-order valence-electron chi connectivity index (χ0n) is 8.38. The fourth-order valence-electron chi connectivity index (χ4n) is 1.65. The Kier molecular flexibility index (Phi) is 3.57. The molecule has 1 aliphatic heterocycles. The molecule has 2 rings (SSSR count). The molecular formula is C11H13ClFNO. The number of halogens is 2. The van der Waals surface area contributed by atoms with Crippen molar-refractivity contribution in [2.45, 2.75) is 6.54 Å². The molecule has 1 aliphatic rings. The van der Waals surface area contributed by atoms with Crippen LogP contribution in [0.5, 0.6) is 0 Å². The molecule has 1 aromatic rings. The smallest absolute Gasteiger partial charge is 0.129 e. The highest BCUT2D eigenvalue weighted by molar-refractivity contribution is 6.30. The highest BCUT2D eigenvalue weighted by atomic mass is 35.5. The minimum Gasteiger partial charge on any atom is -0.379 e. The minimum atomic E-state index is -0.228. The summed E-state index contributed by atoms with van der Waals surface area (Å²) in [5.74, 6) is -0.228. The third-order valence-corrected chi connectivity index (χ3v) is 2.75. The quantitative estimate of drug-likeness (QED) is 0.772. The van der Waals surface area contributed by atoms with Crippen LogP contribution in [-0.4, -0.2) is 31.2 Å². The van der Waals surface area contributed by atoms with Crippen LogP contribution in [0.4, 0.5) is 4.39 Å². The van der Waals surface area contributed by atoms with Crippen LogP contribution in [0.3, 0.4) is 0 Å². The molecular weight excluding hydrogens is 217 g/mol. The van der Waals surface area contributed by atoms with Gasteiger partial charge in [0.25, 0.3) is 0 Å². The lowest BCUT2D eigenvalue weighted by molar-refractivity contribution is 0.0337. The molecule has 0 amide bonds. The summed E-state index contributed by atoms with van der Waals surface area (Å²) < 4.78 is 18.7. The van der Waals surface area contributed by atoms with E-state index in [0.29, 0.717) is 17.1 Å². The average Bonchev–Trinajstić information content (AvgIpc) is 2.24. The minimum absolute atomic E-state index is 0.228. The largest absolute Gasteiger partial charge is 0.379 e. The second-order valence-corrected chi connectivity index (χ2v) is 4.06. The molecule has 1 saturated heterocycles.